The number of carboxylic acid groups (broad SMARTS) is 1. The van der Waals surface area contributed by atoms with Crippen molar-refractivity contribution in [3.8, 4) is 11.5 Å². The molecule has 0 fully saturated rings. The van der Waals surface area contributed by atoms with Crippen LogP contribution in [0.25, 0.3) is 0 Å². The molecular weight excluding hydrogens is 172 g/mol. The number of hydrogen-bond acceptors (Lipinski definition) is 3. The Kier molecular flexibility index (Phi) is 1.62. The molecule has 0 amide bonds. The third-order valence-electron chi connectivity index (χ3n) is 1.99. The lowest BCUT2D eigenvalue weighted by Gasteiger charge is -2.02. The molecule has 1 aromatic rings. The number of phenolic OH excluding ortho intramolecular Hbond substituents is 1. The molecule has 0 bridgehead atoms. The number of aliphatic carboxylic acids is 1. The van der Waals surface area contributed by atoms with Crippen molar-refractivity contribution in [2.75, 3.05) is 0 Å². The summed E-state index contributed by atoms with van der Waals surface area (Å²) in [6.07, 6.45) is -0.490. The second-order valence-corrected chi connectivity index (χ2v) is 2.94. The van der Waals surface area contributed by atoms with E-state index in [9.17, 15) is 4.79 Å². The maximum Gasteiger partial charge on any atom is 0.345 e. The molecule has 4 heteroatoms. The number of ether oxygens (including phenoxy) is 1. The number of hydrogen-bond donors (Lipinski definition) is 2. The van der Waals surface area contributed by atoms with Crippen molar-refractivity contribution >= 4 is 5.97 Å². The molecule has 1 aliphatic heterocycles. The molecule has 0 saturated carbocycles. The first-order valence-electron chi connectivity index (χ1n) is 3.88. The van der Waals surface area contributed by atoms with Gasteiger partial charge in [-0.1, -0.05) is 0 Å². The smallest absolute Gasteiger partial charge is 0.345 e. The van der Waals surface area contributed by atoms with E-state index in [2.05, 4.69) is 0 Å². The van der Waals surface area contributed by atoms with Crippen LogP contribution in [0.4, 0.5) is 0 Å². The highest BCUT2D eigenvalue weighted by Gasteiger charge is 2.28. The van der Waals surface area contributed by atoms with Crippen molar-refractivity contribution in [3.05, 3.63) is 23.8 Å². The molecule has 1 atom stereocenters. The average Bonchev–Trinajstić information content (AvgIpc) is 2.46. The third-order valence-corrected chi connectivity index (χ3v) is 1.99. The van der Waals surface area contributed by atoms with Gasteiger partial charge in [0.15, 0.2) is 6.10 Å². The molecule has 2 N–H and O–H groups in total. The van der Waals surface area contributed by atoms with Crippen LogP contribution in [0.2, 0.25) is 0 Å². The molecular formula is C9H8O4. The van der Waals surface area contributed by atoms with Crippen molar-refractivity contribution in [2.45, 2.75) is 12.5 Å². The molecule has 1 aromatic carbocycles. The van der Waals surface area contributed by atoms with Gasteiger partial charge in [-0.3, -0.25) is 0 Å². The molecule has 0 aliphatic carbocycles. The minimum Gasteiger partial charge on any atom is -0.508 e. The molecule has 0 unspecified atom stereocenters. The first kappa shape index (κ1) is 7.91. The molecule has 0 spiro atoms. The Balaban J connectivity index is 2.30. The van der Waals surface area contributed by atoms with Crippen molar-refractivity contribution < 1.29 is 19.7 Å². The van der Waals surface area contributed by atoms with Gasteiger partial charge in [0.25, 0.3) is 0 Å². The first-order chi connectivity index (χ1) is 6.16. The molecule has 1 heterocycles. The van der Waals surface area contributed by atoms with Crippen molar-refractivity contribution in [1.82, 2.24) is 0 Å². The van der Waals surface area contributed by atoms with Crippen LogP contribution in [0.15, 0.2) is 18.2 Å². The van der Waals surface area contributed by atoms with Gasteiger partial charge in [0.05, 0.1) is 0 Å². The molecule has 2 rings (SSSR count). The van der Waals surface area contributed by atoms with Crippen LogP contribution in [-0.4, -0.2) is 22.3 Å². The fourth-order valence-electron chi connectivity index (χ4n) is 1.37. The van der Waals surface area contributed by atoms with Gasteiger partial charge in [0.2, 0.25) is 0 Å². The van der Waals surface area contributed by atoms with E-state index in [0.717, 1.165) is 5.56 Å². The largest absolute Gasteiger partial charge is 0.508 e. The van der Waals surface area contributed by atoms with E-state index in [-0.39, 0.29) is 5.75 Å². The molecule has 0 saturated heterocycles. The fraction of sp³-hybridized carbons (Fsp3) is 0.222. The molecule has 4 nitrogen and oxygen atoms in total. The number of rotatable bonds is 1. The van der Waals surface area contributed by atoms with E-state index in [4.69, 9.17) is 14.9 Å². The van der Waals surface area contributed by atoms with Gasteiger partial charge in [-0.2, -0.15) is 0 Å². The summed E-state index contributed by atoms with van der Waals surface area (Å²) in [6.45, 7) is 0. The zero-order valence-electron chi connectivity index (χ0n) is 6.73. The number of aromatic hydroxyl groups is 1. The third kappa shape index (κ3) is 1.30. The number of carbonyl (C=O) groups is 1. The van der Waals surface area contributed by atoms with Crippen molar-refractivity contribution in [2.24, 2.45) is 0 Å². The zero-order chi connectivity index (χ0) is 9.42. The fourth-order valence-corrected chi connectivity index (χ4v) is 1.37. The number of phenols is 1. The van der Waals surface area contributed by atoms with Crippen LogP contribution >= 0.6 is 0 Å². The second kappa shape index (κ2) is 2.65. The van der Waals surface area contributed by atoms with Crippen LogP contribution < -0.4 is 4.74 Å². The first-order valence-corrected chi connectivity index (χ1v) is 3.88. The Bertz CT molecular complexity index is 359. The SMILES string of the molecule is O=C(O)[C@@H]1Cc2cc(O)ccc2O1. The normalized spacial score (nSPS) is 19.2. The summed E-state index contributed by atoms with van der Waals surface area (Å²) in [5.41, 5.74) is 0.743. The highest BCUT2D eigenvalue weighted by atomic mass is 16.5. The highest BCUT2D eigenvalue weighted by molar-refractivity contribution is 5.74. The summed E-state index contributed by atoms with van der Waals surface area (Å²) in [5.74, 6) is -0.297. The highest BCUT2D eigenvalue weighted by Crippen LogP contribution is 2.31. The predicted molar refractivity (Wildman–Crippen MR) is 43.9 cm³/mol. The van der Waals surface area contributed by atoms with Gasteiger partial charge in [-0.05, 0) is 18.2 Å². The van der Waals surface area contributed by atoms with Crippen LogP contribution in [-0.2, 0) is 11.2 Å². The second-order valence-electron chi connectivity index (χ2n) is 2.94. The summed E-state index contributed by atoms with van der Waals surface area (Å²) in [5, 5.41) is 17.8. The Morgan fingerprint density at radius 3 is 3.00 bits per heavy atom. The standard InChI is InChI=1S/C9H8O4/c10-6-1-2-7-5(3-6)4-8(13-7)9(11)12/h1-3,8,10H,4H2,(H,11,12)/t8-/m0/s1. The van der Waals surface area contributed by atoms with E-state index in [1.54, 1.807) is 6.07 Å². The van der Waals surface area contributed by atoms with Crippen LogP contribution in [0, 0.1) is 0 Å². The van der Waals surface area contributed by atoms with Crippen LogP contribution in [0.3, 0.4) is 0 Å². The topological polar surface area (TPSA) is 66.8 Å². The lowest BCUT2D eigenvalue weighted by atomic mass is 10.1. The van der Waals surface area contributed by atoms with Gasteiger partial charge in [-0.25, -0.2) is 4.79 Å². The summed E-state index contributed by atoms with van der Waals surface area (Å²) >= 11 is 0. The molecule has 68 valence electrons. The summed E-state index contributed by atoms with van der Waals surface area (Å²) < 4.78 is 5.11. The van der Waals surface area contributed by atoms with Gasteiger partial charge in [0.1, 0.15) is 11.5 Å². The van der Waals surface area contributed by atoms with E-state index >= 15 is 0 Å². The van der Waals surface area contributed by atoms with E-state index < -0.39 is 12.1 Å². The van der Waals surface area contributed by atoms with Gasteiger partial charge >= 0.3 is 5.97 Å². The Hall–Kier alpha value is -1.71. The summed E-state index contributed by atoms with van der Waals surface area (Å²) in [7, 11) is 0. The molecule has 0 aromatic heterocycles. The number of fused-ring (bicyclic) bond motifs is 1. The van der Waals surface area contributed by atoms with Crippen LogP contribution in [0.5, 0.6) is 11.5 Å². The Morgan fingerprint density at radius 1 is 1.54 bits per heavy atom. The Morgan fingerprint density at radius 2 is 2.31 bits per heavy atom. The molecule has 1 aliphatic rings. The quantitative estimate of drug-likeness (QED) is 0.670. The molecule has 13 heavy (non-hydrogen) atoms. The van der Waals surface area contributed by atoms with E-state index in [1.807, 2.05) is 0 Å². The summed E-state index contributed by atoms with van der Waals surface area (Å²) in [6, 6.07) is 4.58. The lowest BCUT2D eigenvalue weighted by molar-refractivity contribution is -0.144. The maximum absolute atomic E-state index is 10.6. The lowest BCUT2D eigenvalue weighted by Crippen LogP contribution is -2.24. The monoisotopic (exact) mass is 180 g/mol. The Labute approximate surface area is 74.4 Å². The minimum atomic E-state index is -0.976. The molecule has 0 radical (unpaired) electrons. The van der Waals surface area contributed by atoms with Gasteiger partial charge in [-0.15, -0.1) is 0 Å². The number of carboxylic acids is 1. The minimum absolute atomic E-state index is 0.133. The van der Waals surface area contributed by atoms with Crippen molar-refractivity contribution in [1.29, 1.82) is 0 Å². The van der Waals surface area contributed by atoms with Crippen molar-refractivity contribution in [3.63, 3.8) is 0 Å². The average molecular weight is 180 g/mol. The predicted octanol–water partition coefficient (Wildman–Crippen LogP) is 0.780. The van der Waals surface area contributed by atoms with Gasteiger partial charge < -0.3 is 14.9 Å². The van der Waals surface area contributed by atoms with E-state index in [0.29, 0.717) is 12.2 Å². The van der Waals surface area contributed by atoms with Crippen LogP contribution in [0.1, 0.15) is 5.56 Å². The van der Waals surface area contributed by atoms with Gasteiger partial charge in [0, 0.05) is 12.0 Å². The zero-order valence-corrected chi connectivity index (χ0v) is 6.73. The van der Waals surface area contributed by atoms with E-state index in [1.165, 1.54) is 12.1 Å². The number of benzene rings is 1. The summed E-state index contributed by atoms with van der Waals surface area (Å²) in [4.78, 5) is 10.6. The maximum atomic E-state index is 10.6.